The molecule has 0 aliphatic carbocycles. The number of aryl methyl sites for hydroxylation is 2. The number of fused-ring (bicyclic) bond motifs is 2. The molecule has 0 aliphatic rings. The standard InChI is InChI=1S/2C14H17.C3H7.CH3Si.Zr/c2*1-10(2)6-12-4-5-13-7-11(3)8-14(13)9-12;1-3-2;1-2;/h2*4-5,7-10H,6H2,1-3H3;3H,1-2H3;1H,2H2;/q4*-1;+4. The topological polar surface area (TPSA) is 0 Å². The second kappa shape index (κ2) is 17.1. The molecule has 0 fully saturated rings. The van der Waals surface area contributed by atoms with E-state index in [0.717, 1.165) is 11.8 Å². The molecular weight excluding hydrogens is 504 g/mol. The van der Waals surface area contributed by atoms with E-state index in [0.29, 0.717) is 0 Å². The van der Waals surface area contributed by atoms with Gasteiger partial charge < -0.3 is 12.6 Å². The first-order valence-electron chi connectivity index (χ1n) is 12.2. The van der Waals surface area contributed by atoms with Gasteiger partial charge in [0.25, 0.3) is 0 Å². The Hall–Kier alpha value is -1.37. The van der Waals surface area contributed by atoms with Gasteiger partial charge in [0, 0.05) is 0 Å². The predicted octanol–water partition coefficient (Wildman–Crippen LogP) is 8.29. The summed E-state index contributed by atoms with van der Waals surface area (Å²) in [5, 5.41) is 5.52. The Morgan fingerprint density at radius 2 is 1.03 bits per heavy atom. The van der Waals surface area contributed by atoms with Gasteiger partial charge in [0.1, 0.15) is 0 Å². The maximum absolute atomic E-state index is 4.53. The first-order chi connectivity index (χ1) is 15.7. The summed E-state index contributed by atoms with van der Waals surface area (Å²) >= 11 is 0. The molecule has 180 valence electrons. The van der Waals surface area contributed by atoms with Crippen molar-refractivity contribution in [3.63, 3.8) is 0 Å². The molecule has 34 heavy (non-hydrogen) atoms. The van der Waals surface area contributed by atoms with Crippen molar-refractivity contribution >= 4 is 37.6 Å². The second-order valence-electron chi connectivity index (χ2n) is 9.77. The van der Waals surface area contributed by atoms with E-state index < -0.39 is 0 Å². The van der Waals surface area contributed by atoms with Gasteiger partial charge in [-0.3, -0.25) is 0 Å². The Morgan fingerprint density at radius 3 is 1.32 bits per heavy atom. The summed E-state index contributed by atoms with van der Waals surface area (Å²) in [6, 6.07) is 22.6. The monoisotopic (exact) mass is 546 g/mol. The molecule has 4 rings (SSSR count). The van der Waals surface area contributed by atoms with Crippen LogP contribution in [-0.2, 0) is 39.0 Å². The summed E-state index contributed by atoms with van der Waals surface area (Å²) in [5.74, 6) is 1.48. The summed E-state index contributed by atoms with van der Waals surface area (Å²) in [6.07, 6.45) is 8.89. The van der Waals surface area contributed by atoms with Gasteiger partial charge in [-0.05, 0) is 24.7 Å². The molecule has 0 spiro atoms. The predicted molar refractivity (Wildman–Crippen MR) is 156 cm³/mol. The fourth-order valence-electron chi connectivity index (χ4n) is 4.02. The first-order valence-corrected chi connectivity index (χ1v) is 13.0. The molecule has 0 unspecified atom stereocenters. The SMILES string of the molecule is C[CH-]C.Cc1cc2cc(CC(C)C)ccc2[cH-]1.Cc1cc2cc(CC(C)C)ccc2[cH-]1.[CH-]=[SiH2].[Zr+4]. The smallest absolute Gasteiger partial charge is 0.533 e. The van der Waals surface area contributed by atoms with Crippen LogP contribution < -0.4 is 0 Å². The Bertz CT molecular complexity index is 995. The van der Waals surface area contributed by atoms with Crippen molar-refractivity contribution in [3.8, 4) is 0 Å². The Morgan fingerprint density at radius 1 is 0.706 bits per heavy atom. The van der Waals surface area contributed by atoms with Gasteiger partial charge in [-0.1, -0.05) is 52.7 Å². The molecule has 0 N–H and O–H groups in total. The minimum atomic E-state index is 0. The molecule has 0 aromatic heterocycles. The van der Waals surface area contributed by atoms with Crippen LogP contribution in [0.15, 0.2) is 60.7 Å². The summed E-state index contributed by atoms with van der Waals surface area (Å²) < 4.78 is 0. The van der Waals surface area contributed by atoms with Crippen molar-refractivity contribution in [3.05, 3.63) is 89.3 Å². The van der Waals surface area contributed by atoms with E-state index in [-0.39, 0.29) is 26.2 Å². The van der Waals surface area contributed by atoms with Gasteiger partial charge >= 0.3 is 26.2 Å². The minimum absolute atomic E-state index is 0. The van der Waals surface area contributed by atoms with Crippen molar-refractivity contribution in [2.45, 2.75) is 68.2 Å². The van der Waals surface area contributed by atoms with Gasteiger partial charge in [-0.15, -0.1) is 81.2 Å². The van der Waals surface area contributed by atoms with Crippen LogP contribution in [0.25, 0.3) is 21.5 Å². The summed E-state index contributed by atoms with van der Waals surface area (Å²) in [6.45, 7) is 17.4. The van der Waals surface area contributed by atoms with E-state index in [1.165, 1.54) is 66.5 Å². The number of benzene rings is 2. The van der Waals surface area contributed by atoms with Crippen LogP contribution in [0.3, 0.4) is 0 Å². The largest absolute Gasteiger partial charge is 4.00 e. The molecule has 0 radical (unpaired) electrons. The zero-order valence-corrected chi connectivity index (χ0v) is 26.6. The average Bonchev–Trinajstić information content (AvgIpc) is 3.29. The van der Waals surface area contributed by atoms with E-state index in [4.69, 9.17) is 0 Å². The van der Waals surface area contributed by atoms with Crippen LogP contribution in [0.2, 0.25) is 0 Å². The second-order valence-corrected chi connectivity index (χ2v) is 9.77. The van der Waals surface area contributed by atoms with Crippen molar-refractivity contribution in [1.29, 1.82) is 0 Å². The van der Waals surface area contributed by atoms with Gasteiger partial charge in [-0.2, -0.15) is 26.0 Å². The number of rotatable bonds is 4. The Balaban J connectivity index is 0.000000527. The Kier molecular flexibility index (Phi) is 16.4. The van der Waals surface area contributed by atoms with Crippen molar-refractivity contribution in [1.82, 2.24) is 0 Å². The van der Waals surface area contributed by atoms with E-state index in [1.54, 1.807) is 0 Å². The van der Waals surface area contributed by atoms with Gasteiger partial charge in [0.15, 0.2) is 0 Å². The van der Waals surface area contributed by atoms with Crippen molar-refractivity contribution in [2.75, 3.05) is 0 Å². The van der Waals surface area contributed by atoms with E-state index in [2.05, 4.69) is 108 Å². The van der Waals surface area contributed by atoms with Gasteiger partial charge in [-0.25, -0.2) is 9.85 Å². The zero-order chi connectivity index (χ0) is 25.0. The molecule has 0 saturated carbocycles. The van der Waals surface area contributed by atoms with Crippen LogP contribution >= 0.6 is 0 Å². The number of hydrogen-bond donors (Lipinski definition) is 0. The molecule has 0 heterocycles. The van der Waals surface area contributed by atoms with Crippen molar-refractivity contribution in [2.24, 2.45) is 11.8 Å². The van der Waals surface area contributed by atoms with Gasteiger partial charge in [0.2, 0.25) is 0 Å². The van der Waals surface area contributed by atoms with Crippen LogP contribution in [-0.4, -0.2) is 16.0 Å². The van der Waals surface area contributed by atoms with Crippen molar-refractivity contribution < 1.29 is 26.2 Å². The third-order valence-corrected chi connectivity index (χ3v) is 5.12. The maximum atomic E-state index is 4.53. The minimum Gasteiger partial charge on any atom is -0.533 e. The third-order valence-electron chi connectivity index (χ3n) is 5.12. The van der Waals surface area contributed by atoms with Gasteiger partial charge in [0.05, 0.1) is 0 Å². The molecule has 0 aliphatic heterocycles. The molecule has 0 amide bonds. The molecular formula is C32H44SiZr. The van der Waals surface area contributed by atoms with Crippen LogP contribution in [0.5, 0.6) is 0 Å². The summed E-state index contributed by atoms with van der Waals surface area (Å²) in [7, 11) is 1.36. The summed E-state index contributed by atoms with van der Waals surface area (Å²) in [5.41, 5.74) is 5.64. The molecule has 0 atom stereocenters. The zero-order valence-electron chi connectivity index (χ0n) is 22.7. The fraction of sp³-hybridized carbons (Fsp3) is 0.375. The van der Waals surface area contributed by atoms with E-state index in [9.17, 15) is 0 Å². The average molecular weight is 548 g/mol. The van der Waals surface area contributed by atoms with Crippen LogP contribution in [0.1, 0.15) is 63.8 Å². The maximum Gasteiger partial charge on any atom is 4.00 e. The normalized spacial score (nSPS) is 10.1. The third kappa shape index (κ3) is 11.4. The molecule has 2 heteroatoms. The molecule has 0 saturated heterocycles. The Labute approximate surface area is 232 Å². The molecule has 0 bridgehead atoms. The van der Waals surface area contributed by atoms with Crippen LogP contribution in [0, 0.1) is 32.1 Å². The summed E-state index contributed by atoms with van der Waals surface area (Å²) in [4.78, 5) is 0. The molecule has 0 nitrogen and oxygen atoms in total. The molecule has 4 aromatic carbocycles. The fourth-order valence-corrected chi connectivity index (χ4v) is 4.02. The number of hydrogen-bond acceptors (Lipinski definition) is 0. The van der Waals surface area contributed by atoms with Crippen LogP contribution in [0.4, 0.5) is 0 Å². The van der Waals surface area contributed by atoms with E-state index in [1.807, 2.05) is 20.3 Å². The first kappa shape index (κ1) is 32.6. The molecule has 4 aromatic rings. The van der Waals surface area contributed by atoms with E-state index >= 15 is 0 Å². The quantitative estimate of drug-likeness (QED) is 0.178.